The van der Waals surface area contributed by atoms with Gasteiger partial charge in [-0.3, -0.25) is 19.1 Å². The zero-order chi connectivity index (χ0) is 22.9. The van der Waals surface area contributed by atoms with Crippen molar-refractivity contribution in [3.8, 4) is 5.75 Å². The van der Waals surface area contributed by atoms with Gasteiger partial charge in [-0.1, -0.05) is 30.3 Å². The molecule has 1 aliphatic rings. The molecule has 0 unspecified atom stereocenters. The summed E-state index contributed by atoms with van der Waals surface area (Å²) in [5, 5.41) is 0.198. The fraction of sp³-hybridized carbons (Fsp3) is 0.200. The van der Waals surface area contributed by atoms with Crippen LogP contribution in [0.15, 0.2) is 70.4 Å². The minimum absolute atomic E-state index is 0.198. The maximum Gasteiger partial charge on any atom is 0.330 e. The van der Waals surface area contributed by atoms with Crippen molar-refractivity contribution in [3.63, 3.8) is 0 Å². The predicted molar refractivity (Wildman–Crippen MR) is 125 cm³/mol. The van der Waals surface area contributed by atoms with Crippen LogP contribution >= 0.6 is 0 Å². The van der Waals surface area contributed by atoms with E-state index in [-0.39, 0.29) is 23.5 Å². The molecule has 5 rings (SSSR count). The number of nitrogens with one attached hydrogen (secondary N) is 1. The Morgan fingerprint density at radius 3 is 2.73 bits per heavy atom. The number of rotatable bonds is 4. The van der Waals surface area contributed by atoms with E-state index in [1.807, 2.05) is 48.5 Å². The third-order valence-electron chi connectivity index (χ3n) is 5.91. The summed E-state index contributed by atoms with van der Waals surface area (Å²) in [5.74, 6) is 0.508. The van der Waals surface area contributed by atoms with Crippen LogP contribution in [0.25, 0.3) is 11.0 Å². The number of benzene rings is 2. The van der Waals surface area contributed by atoms with Gasteiger partial charge in [-0.25, -0.2) is 9.78 Å². The molecule has 0 spiro atoms. The van der Waals surface area contributed by atoms with Gasteiger partial charge in [-0.2, -0.15) is 0 Å². The van der Waals surface area contributed by atoms with E-state index in [0.29, 0.717) is 12.1 Å². The Hall–Kier alpha value is -4.20. The lowest BCUT2D eigenvalue weighted by atomic mass is 10.0. The van der Waals surface area contributed by atoms with Crippen molar-refractivity contribution in [1.29, 1.82) is 0 Å². The van der Waals surface area contributed by atoms with Crippen molar-refractivity contribution in [2.24, 2.45) is 0 Å². The number of H-pyrrole nitrogens is 1. The van der Waals surface area contributed by atoms with Crippen molar-refractivity contribution >= 4 is 22.6 Å². The zero-order valence-corrected chi connectivity index (χ0v) is 18.1. The Morgan fingerprint density at radius 1 is 1.12 bits per heavy atom. The summed E-state index contributed by atoms with van der Waals surface area (Å²) in [6.07, 6.45) is 3.12. The second-order valence-electron chi connectivity index (χ2n) is 7.98. The number of hydrogen-bond donors (Lipinski definition) is 1. The number of carbonyl (C=O) groups excluding carboxylic acids is 1. The van der Waals surface area contributed by atoms with E-state index in [1.165, 1.54) is 16.8 Å². The molecule has 8 nitrogen and oxygen atoms in total. The second kappa shape index (κ2) is 8.38. The molecule has 8 heteroatoms. The number of aromatic amines is 1. The largest absolute Gasteiger partial charge is 0.497 e. The van der Waals surface area contributed by atoms with Crippen LogP contribution in [0.4, 0.5) is 5.69 Å². The number of ether oxygens (including phenoxy) is 1. The fourth-order valence-electron chi connectivity index (χ4n) is 4.26. The molecular weight excluding hydrogens is 420 g/mol. The van der Waals surface area contributed by atoms with Crippen LogP contribution in [-0.2, 0) is 13.0 Å². The van der Waals surface area contributed by atoms with E-state index in [0.717, 1.165) is 35.4 Å². The smallest absolute Gasteiger partial charge is 0.330 e. The first kappa shape index (κ1) is 20.7. The lowest BCUT2D eigenvalue weighted by Gasteiger charge is -2.29. The molecule has 33 heavy (non-hydrogen) atoms. The predicted octanol–water partition coefficient (Wildman–Crippen LogP) is 2.73. The molecule has 0 atom stereocenters. The quantitative estimate of drug-likeness (QED) is 0.524. The Kier molecular flexibility index (Phi) is 5.26. The van der Waals surface area contributed by atoms with Crippen LogP contribution in [0.1, 0.15) is 27.9 Å². The number of carbonyl (C=O) groups is 1. The van der Waals surface area contributed by atoms with E-state index in [9.17, 15) is 14.4 Å². The highest BCUT2D eigenvalue weighted by molar-refractivity contribution is 6.07. The molecular formula is C25H22N4O4. The molecule has 3 heterocycles. The molecule has 2 aromatic carbocycles. The van der Waals surface area contributed by atoms with Gasteiger partial charge in [0.2, 0.25) is 0 Å². The Bertz CT molecular complexity index is 1470. The topological polar surface area (TPSA) is 97.3 Å². The number of nitrogens with zero attached hydrogens (tertiary/aromatic N) is 3. The van der Waals surface area contributed by atoms with Crippen molar-refractivity contribution in [2.75, 3.05) is 18.6 Å². The molecule has 1 N–H and O–H groups in total. The van der Waals surface area contributed by atoms with Gasteiger partial charge in [0.1, 0.15) is 11.4 Å². The molecule has 0 radical (unpaired) electrons. The van der Waals surface area contributed by atoms with E-state index in [1.54, 1.807) is 12.0 Å². The van der Waals surface area contributed by atoms with Gasteiger partial charge in [-0.05, 0) is 48.2 Å². The molecule has 0 fully saturated rings. The van der Waals surface area contributed by atoms with Gasteiger partial charge in [0.05, 0.1) is 24.6 Å². The van der Waals surface area contributed by atoms with E-state index in [2.05, 4.69) is 9.97 Å². The van der Waals surface area contributed by atoms with Crippen LogP contribution in [0, 0.1) is 0 Å². The normalized spacial score (nSPS) is 13.1. The van der Waals surface area contributed by atoms with E-state index >= 15 is 0 Å². The third kappa shape index (κ3) is 3.80. The van der Waals surface area contributed by atoms with E-state index < -0.39 is 11.2 Å². The number of hydrogen-bond acceptors (Lipinski definition) is 5. The number of aromatic nitrogens is 3. The lowest BCUT2D eigenvalue weighted by molar-refractivity contribution is 0.0985. The molecule has 0 saturated heterocycles. The maximum atomic E-state index is 13.4. The molecule has 1 aliphatic heterocycles. The Morgan fingerprint density at radius 2 is 1.94 bits per heavy atom. The fourth-order valence-corrected chi connectivity index (χ4v) is 4.26. The number of methoxy groups -OCH3 is 1. The van der Waals surface area contributed by atoms with Gasteiger partial charge >= 0.3 is 5.69 Å². The van der Waals surface area contributed by atoms with Crippen LogP contribution in [0.5, 0.6) is 5.75 Å². The summed E-state index contributed by atoms with van der Waals surface area (Å²) >= 11 is 0. The van der Waals surface area contributed by atoms with Crippen molar-refractivity contribution < 1.29 is 9.53 Å². The molecule has 0 aliphatic carbocycles. The van der Waals surface area contributed by atoms with Crippen LogP contribution in [-0.4, -0.2) is 34.1 Å². The number of pyridine rings is 1. The van der Waals surface area contributed by atoms with Crippen LogP contribution in [0.2, 0.25) is 0 Å². The first-order chi connectivity index (χ1) is 16.0. The summed E-state index contributed by atoms with van der Waals surface area (Å²) in [4.78, 5) is 46.9. The molecule has 0 saturated carbocycles. The second-order valence-corrected chi connectivity index (χ2v) is 7.98. The Balaban J connectivity index is 1.55. The number of aryl methyl sites for hydroxylation is 1. The first-order valence-corrected chi connectivity index (χ1v) is 10.7. The molecule has 2 aromatic heterocycles. The van der Waals surface area contributed by atoms with Crippen molar-refractivity contribution in [3.05, 3.63) is 98.3 Å². The van der Waals surface area contributed by atoms with Gasteiger partial charge in [0.25, 0.3) is 11.5 Å². The summed E-state index contributed by atoms with van der Waals surface area (Å²) in [5.41, 5.74) is 2.20. The third-order valence-corrected chi connectivity index (χ3v) is 5.91. The monoisotopic (exact) mass is 442 g/mol. The van der Waals surface area contributed by atoms with Crippen LogP contribution in [0.3, 0.4) is 0 Å². The molecule has 166 valence electrons. The van der Waals surface area contributed by atoms with Crippen LogP contribution < -0.4 is 20.9 Å². The SMILES string of the molecule is COc1ccc2c(c1)CCCN2C(=O)c1cnc2c(c1)c(=O)[nH]c(=O)n2Cc1ccccc1. The Labute approximate surface area is 189 Å². The first-order valence-electron chi connectivity index (χ1n) is 10.7. The standard InChI is InChI=1S/C25H22N4O4/c1-33-19-9-10-21-17(12-19)8-5-11-28(21)24(31)18-13-20-22(26-14-18)29(25(32)27-23(20)30)15-16-6-3-2-4-7-16/h2-4,6-7,9-10,12-14H,5,8,11,15H2,1H3,(H,27,30,32). The maximum absolute atomic E-state index is 13.4. The summed E-state index contributed by atoms with van der Waals surface area (Å²) in [6, 6.07) is 16.6. The van der Waals surface area contributed by atoms with Crippen molar-refractivity contribution in [1.82, 2.24) is 14.5 Å². The molecule has 4 aromatic rings. The number of anilines is 1. The van der Waals surface area contributed by atoms with E-state index in [4.69, 9.17) is 4.74 Å². The average molecular weight is 442 g/mol. The summed E-state index contributed by atoms with van der Waals surface area (Å²) in [6.45, 7) is 0.828. The van der Waals surface area contributed by atoms with Gasteiger partial charge < -0.3 is 9.64 Å². The highest BCUT2D eigenvalue weighted by Gasteiger charge is 2.25. The summed E-state index contributed by atoms with van der Waals surface area (Å²) < 4.78 is 6.71. The minimum atomic E-state index is -0.565. The lowest BCUT2D eigenvalue weighted by Crippen LogP contribution is -2.36. The van der Waals surface area contributed by atoms with Crippen molar-refractivity contribution in [2.45, 2.75) is 19.4 Å². The van der Waals surface area contributed by atoms with Gasteiger partial charge in [-0.15, -0.1) is 0 Å². The molecule has 1 amide bonds. The number of fused-ring (bicyclic) bond motifs is 2. The zero-order valence-electron chi connectivity index (χ0n) is 18.1. The minimum Gasteiger partial charge on any atom is -0.497 e. The van der Waals surface area contributed by atoms with Gasteiger partial charge in [0, 0.05) is 18.4 Å². The summed E-state index contributed by atoms with van der Waals surface area (Å²) in [7, 11) is 1.61. The van der Waals surface area contributed by atoms with Gasteiger partial charge in [0.15, 0.2) is 0 Å². The highest BCUT2D eigenvalue weighted by Crippen LogP contribution is 2.31. The number of amides is 1. The molecule has 0 bridgehead atoms. The average Bonchev–Trinajstić information content (AvgIpc) is 2.85. The highest BCUT2D eigenvalue weighted by atomic mass is 16.5.